The molecule has 6 nitrogen and oxygen atoms in total. The van der Waals surface area contributed by atoms with Crippen LogP contribution < -0.4 is 11.0 Å². The van der Waals surface area contributed by atoms with Crippen molar-refractivity contribution in [1.82, 2.24) is 19.4 Å². The number of nitrogens with one attached hydrogen (secondary N) is 1. The standard InChI is InChI=1S/C20H22F2N4O2/c1-3-5-6-23-18(27)12-26-19-17(25(4-2)20(26)28)9-14(11-24-19)13-7-15(21)10-16(22)8-13/h7-11H,3-6,12H2,1-2H3,(H,23,27). The summed E-state index contributed by atoms with van der Waals surface area (Å²) in [4.78, 5) is 29.2. The number of nitrogens with zero attached hydrogens (tertiary/aromatic N) is 3. The van der Waals surface area contributed by atoms with Crippen LogP contribution in [0.4, 0.5) is 8.78 Å². The Morgan fingerprint density at radius 3 is 2.43 bits per heavy atom. The number of pyridine rings is 1. The van der Waals surface area contributed by atoms with E-state index in [4.69, 9.17) is 0 Å². The third kappa shape index (κ3) is 3.95. The molecule has 8 heteroatoms. The summed E-state index contributed by atoms with van der Waals surface area (Å²) in [6.45, 7) is 4.63. The maximum atomic E-state index is 13.5. The molecule has 3 rings (SSSR count). The minimum absolute atomic E-state index is 0.132. The molecule has 0 fully saturated rings. The number of fused-ring (bicyclic) bond motifs is 1. The molecule has 0 atom stereocenters. The fourth-order valence-electron chi connectivity index (χ4n) is 3.12. The molecule has 0 saturated carbocycles. The summed E-state index contributed by atoms with van der Waals surface area (Å²) in [7, 11) is 0. The molecular formula is C20H22F2N4O2. The van der Waals surface area contributed by atoms with Gasteiger partial charge in [0.25, 0.3) is 0 Å². The van der Waals surface area contributed by atoms with Crippen LogP contribution in [0.3, 0.4) is 0 Å². The number of unbranched alkanes of at least 4 members (excludes halogenated alkanes) is 1. The van der Waals surface area contributed by atoms with E-state index in [2.05, 4.69) is 10.3 Å². The van der Waals surface area contributed by atoms with E-state index in [9.17, 15) is 18.4 Å². The molecule has 1 amide bonds. The zero-order valence-corrected chi connectivity index (χ0v) is 15.8. The maximum absolute atomic E-state index is 13.5. The average Bonchev–Trinajstić information content (AvgIpc) is 2.91. The fourth-order valence-corrected chi connectivity index (χ4v) is 3.12. The number of rotatable bonds is 7. The predicted molar refractivity (Wildman–Crippen MR) is 103 cm³/mol. The van der Waals surface area contributed by atoms with Gasteiger partial charge >= 0.3 is 5.69 Å². The molecule has 3 aromatic rings. The Balaban J connectivity index is 2.02. The number of benzene rings is 1. The van der Waals surface area contributed by atoms with Crippen LogP contribution in [0.5, 0.6) is 0 Å². The van der Waals surface area contributed by atoms with E-state index in [1.165, 1.54) is 27.5 Å². The summed E-state index contributed by atoms with van der Waals surface area (Å²) in [6.07, 6.45) is 3.27. The van der Waals surface area contributed by atoms with Gasteiger partial charge in [-0.1, -0.05) is 13.3 Å². The van der Waals surface area contributed by atoms with Gasteiger partial charge in [0.2, 0.25) is 5.91 Å². The Kier molecular flexibility index (Phi) is 5.87. The number of amides is 1. The van der Waals surface area contributed by atoms with Gasteiger partial charge in [-0.3, -0.25) is 13.9 Å². The Morgan fingerprint density at radius 1 is 1.07 bits per heavy atom. The summed E-state index contributed by atoms with van der Waals surface area (Å²) in [5.74, 6) is -1.64. The first-order valence-electron chi connectivity index (χ1n) is 9.26. The highest BCUT2D eigenvalue weighted by Gasteiger charge is 2.17. The Bertz CT molecular complexity index is 1050. The smallest absolute Gasteiger partial charge is 0.330 e. The number of carbonyl (C=O) groups is 1. The first-order valence-corrected chi connectivity index (χ1v) is 9.26. The molecule has 0 aliphatic heterocycles. The van der Waals surface area contributed by atoms with E-state index in [1.807, 2.05) is 6.92 Å². The number of halogens is 2. The Morgan fingerprint density at radius 2 is 1.79 bits per heavy atom. The molecule has 1 aromatic carbocycles. The van der Waals surface area contributed by atoms with Gasteiger partial charge in [0.15, 0.2) is 5.65 Å². The van der Waals surface area contributed by atoms with Crippen LogP contribution in [-0.2, 0) is 17.9 Å². The molecule has 1 N–H and O–H groups in total. The number of aromatic nitrogens is 3. The molecule has 28 heavy (non-hydrogen) atoms. The second-order valence-corrected chi connectivity index (χ2v) is 6.54. The summed E-state index contributed by atoms with van der Waals surface area (Å²) in [5.41, 5.74) is 1.33. The summed E-state index contributed by atoms with van der Waals surface area (Å²) in [6, 6.07) is 4.87. The predicted octanol–water partition coefficient (Wildman–Crippen LogP) is 3.08. The van der Waals surface area contributed by atoms with Gasteiger partial charge in [-0.25, -0.2) is 18.6 Å². The number of hydrogen-bond acceptors (Lipinski definition) is 3. The van der Waals surface area contributed by atoms with E-state index in [0.29, 0.717) is 35.4 Å². The molecule has 0 unspecified atom stereocenters. The zero-order chi connectivity index (χ0) is 20.3. The van der Waals surface area contributed by atoms with Crippen molar-refractivity contribution in [2.75, 3.05) is 6.54 Å². The van der Waals surface area contributed by atoms with Gasteiger partial charge in [-0.2, -0.15) is 0 Å². The van der Waals surface area contributed by atoms with Crippen LogP contribution in [0.1, 0.15) is 26.7 Å². The monoisotopic (exact) mass is 388 g/mol. The first-order chi connectivity index (χ1) is 13.4. The third-order valence-corrected chi connectivity index (χ3v) is 4.52. The minimum Gasteiger partial charge on any atom is -0.355 e. The van der Waals surface area contributed by atoms with Crippen LogP contribution in [0.25, 0.3) is 22.3 Å². The zero-order valence-electron chi connectivity index (χ0n) is 15.8. The molecule has 0 saturated heterocycles. The number of aryl methyl sites for hydroxylation is 1. The van der Waals surface area contributed by atoms with Crippen molar-refractivity contribution >= 4 is 17.1 Å². The van der Waals surface area contributed by atoms with Gasteiger partial charge < -0.3 is 5.32 Å². The van der Waals surface area contributed by atoms with E-state index in [-0.39, 0.29) is 18.1 Å². The van der Waals surface area contributed by atoms with Crippen molar-refractivity contribution in [3.63, 3.8) is 0 Å². The molecule has 2 heterocycles. The largest absolute Gasteiger partial charge is 0.355 e. The van der Waals surface area contributed by atoms with Crippen molar-refractivity contribution in [2.24, 2.45) is 0 Å². The molecule has 0 radical (unpaired) electrons. The van der Waals surface area contributed by atoms with E-state index in [0.717, 1.165) is 18.9 Å². The quantitative estimate of drug-likeness (QED) is 0.633. The van der Waals surface area contributed by atoms with E-state index in [1.54, 1.807) is 13.0 Å². The average molecular weight is 388 g/mol. The lowest BCUT2D eigenvalue weighted by Crippen LogP contribution is -2.33. The second-order valence-electron chi connectivity index (χ2n) is 6.54. The lowest BCUT2D eigenvalue weighted by Gasteiger charge is -2.06. The second kappa shape index (κ2) is 8.33. The van der Waals surface area contributed by atoms with Gasteiger partial charge in [-0.05, 0) is 37.1 Å². The number of hydrogen-bond donors (Lipinski definition) is 1. The first kappa shape index (κ1) is 19.7. The van der Waals surface area contributed by atoms with Crippen molar-refractivity contribution < 1.29 is 13.6 Å². The highest BCUT2D eigenvalue weighted by atomic mass is 19.1. The molecule has 2 aromatic heterocycles. The van der Waals surface area contributed by atoms with Gasteiger partial charge in [-0.15, -0.1) is 0 Å². The molecular weight excluding hydrogens is 366 g/mol. The molecule has 0 aliphatic carbocycles. The van der Waals surface area contributed by atoms with Crippen molar-refractivity contribution in [1.29, 1.82) is 0 Å². The van der Waals surface area contributed by atoms with Crippen molar-refractivity contribution in [3.05, 3.63) is 52.6 Å². The summed E-state index contributed by atoms with van der Waals surface area (Å²) < 4.78 is 29.9. The lowest BCUT2D eigenvalue weighted by molar-refractivity contribution is -0.121. The van der Waals surface area contributed by atoms with Crippen molar-refractivity contribution in [2.45, 2.75) is 39.8 Å². The summed E-state index contributed by atoms with van der Waals surface area (Å²) >= 11 is 0. The van der Waals surface area contributed by atoms with Crippen LogP contribution in [0.15, 0.2) is 35.3 Å². The van der Waals surface area contributed by atoms with Crippen LogP contribution in [-0.4, -0.2) is 26.6 Å². The summed E-state index contributed by atoms with van der Waals surface area (Å²) in [5, 5.41) is 2.78. The topological polar surface area (TPSA) is 68.9 Å². The minimum atomic E-state index is -0.690. The SMILES string of the molecule is CCCCNC(=O)Cn1c(=O)n(CC)c2cc(-c3cc(F)cc(F)c3)cnc21. The Hall–Kier alpha value is -3.03. The molecule has 0 aliphatic rings. The van der Waals surface area contributed by atoms with E-state index >= 15 is 0 Å². The van der Waals surface area contributed by atoms with Gasteiger partial charge in [0.1, 0.15) is 18.2 Å². The molecule has 148 valence electrons. The molecule has 0 bridgehead atoms. The van der Waals surface area contributed by atoms with Crippen LogP contribution >= 0.6 is 0 Å². The number of imidazole rings is 1. The Labute approximate surface area is 160 Å². The van der Waals surface area contributed by atoms with Crippen molar-refractivity contribution in [3.8, 4) is 11.1 Å². The lowest BCUT2D eigenvalue weighted by atomic mass is 10.1. The normalized spacial score (nSPS) is 11.1. The maximum Gasteiger partial charge on any atom is 0.330 e. The molecule has 0 spiro atoms. The number of carbonyl (C=O) groups excluding carboxylic acids is 1. The fraction of sp³-hybridized carbons (Fsp3) is 0.350. The highest BCUT2D eigenvalue weighted by Crippen LogP contribution is 2.24. The van der Waals surface area contributed by atoms with Gasteiger partial charge in [0, 0.05) is 30.9 Å². The highest BCUT2D eigenvalue weighted by molar-refractivity contribution is 5.81. The van der Waals surface area contributed by atoms with Crippen LogP contribution in [0, 0.1) is 11.6 Å². The third-order valence-electron chi connectivity index (χ3n) is 4.52. The van der Waals surface area contributed by atoms with Gasteiger partial charge in [0.05, 0.1) is 5.52 Å². The van der Waals surface area contributed by atoms with E-state index < -0.39 is 11.6 Å². The van der Waals surface area contributed by atoms with Crippen LogP contribution in [0.2, 0.25) is 0 Å².